The van der Waals surface area contributed by atoms with E-state index in [4.69, 9.17) is 5.73 Å². The highest BCUT2D eigenvalue weighted by Gasteiger charge is 2.40. The van der Waals surface area contributed by atoms with Crippen LogP contribution in [0.25, 0.3) is 0 Å². The van der Waals surface area contributed by atoms with Gasteiger partial charge in [0.05, 0.1) is 18.3 Å². The summed E-state index contributed by atoms with van der Waals surface area (Å²) >= 11 is 0. The maximum atomic E-state index is 11.6. The molecule has 2 aliphatic rings. The molecule has 0 amide bonds. The molecule has 3 nitrogen and oxygen atoms in total. The van der Waals surface area contributed by atoms with Gasteiger partial charge in [0.15, 0.2) is 13.1 Å². The fourth-order valence-corrected chi connectivity index (χ4v) is 2.13. The number of hydrogen-bond acceptors (Lipinski definition) is 3. The molecule has 74 valence electrons. The molecule has 0 radical (unpaired) electrons. The Balaban J connectivity index is 2.36. The van der Waals surface area contributed by atoms with Crippen LogP contribution in [-0.2, 0) is 4.79 Å². The quantitative estimate of drug-likeness (QED) is 0.497. The molecule has 1 fully saturated rings. The first kappa shape index (κ1) is 9.53. The van der Waals surface area contributed by atoms with Crippen LogP contribution in [0.15, 0.2) is 22.8 Å². The number of allylic oxidation sites excluding steroid dienone is 2. The van der Waals surface area contributed by atoms with Gasteiger partial charge in [0.2, 0.25) is 0 Å². The first-order valence-corrected chi connectivity index (χ1v) is 5.10. The Morgan fingerprint density at radius 1 is 1.79 bits per heavy atom. The lowest BCUT2D eigenvalue weighted by molar-refractivity contribution is -0.115. The van der Waals surface area contributed by atoms with Crippen LogP contribution in [0, 0.1) is 0 Å². The van der Waals surface area contributed by atoms with Crippen molar-refractivity contribution in [1.29, 1.82) is 0 Å². The number of nitrogens with two attached hydrogens (primary N) is 1. The van der Waals surface area contributed by atoms with E-state index in [0.717, 1.165) is 25.1 Å². The molecule has 14 heavy (non-hydrogen) atoms. The summed E-state index contributed by atoms with van der Waals surface area (Å²) in [6.45, 7) is 5.25. The summed E-state index contributed by atoms with van der Waals surface area (Å²) in [5.74, 6) is 0.0732. The molecule has 0 spiro atoms. The van der Waals surface area contributed by atoms with Gasteiger partial charge < -0.3 is 10.6 Å². The van der Waals surface area contributed by atoms with E-state index in [1.54, 1.807) is 0 Å². The molecule has 0 aromatic carbocycles. The average molecular weight is 190 g/mol. The molecule has 0 aromatic heterocycles. The Kier molecular flexibility index (Phi) is 2.23. The van der Waals surface area contributed by atoms with Crippen molar-refractivity contribution in [2.75, 3.05) is 13.1 Å². The van der Waals surface area contributed by atoms with E-state index in [0.29, 0.717) is 6.04 Å². The topological polar surface area (TPSA) is 46.1 Å². The van der Waals surface area contributed by atoms with Gasteiger partial charge in [-0.3, -0.25) is 4.79 Å². The Bertz CT molecular complexity index is 346. The molecule has 1 atom stereocenters. The molecular weight excluding hydrogens is 175 g/mol. The zero-order chi connectivity index (χ0) is 10.3. The molecular formula is C10H15BN2O. The fraction of sp³-hybridized carbons (Fsp3) is 0.500. The highest BCUT2D eigenvalue weighted by Crippen LogP contribution is 2.35. The second kappa shape index (κ2) is 3.28. The largest absolute Gasteiger partial charge is 0.358 e. The summed E-state index contributed by atoms with van der Waals surface area (Å²) in [5.41, 5.74) is 8.69. The van der Waals surface area contributed by atoms with E-state index in [1.165, 1.54) is 5.47 Å². The van der Waals surface area contributed by atoms with Gasteiger partial charge in [-0.1, -0.05) is 18.4 Å². The van der Waals surface area contributed by atoms with Crippen LogP contribution >= 0.6 is 0 Å². The molecule has 2 aliphatic heterocycles. The lowest BCUT2D eigenvalue weighted by Crippen LogP contribution is -2.25. The van der Waals surface area contributed by atoms with E-state index >= 15 is 0 Å². The zero-order valence-corrected chi connectivity index (χ0v) is 8.71. The van der Waals surface area contributed by atoms with Gasteiger partial charge in [-0.15, -0.1) is 0 Å². The predicted molar refractivity (Wildman–Crippen MR) is 58.4 cm³/mol. The SMILES string of the molecule is CBC1=CC2CN2C(C(=O)CN)=C1C. The van der Waals surface area contributed by atoms with Crippen molar-refractivity contribution in [3.05, 3.63) is 22.8 Å². The van der Waals surface area contributed by atoms with Gasteiger partial charge in [0.25, 0.3) is 0 Å². The van der Waals surface area contributed by atoms with Crippen LogP contribution in [0.2, 0.25) is 6.82 Å². The average Bonchev–Trinajstić information content (AvgIpc) is 2.94. The van der Waals surface area contributed by atoms with Crippen LogP contribution in [-0.4, -0.2) is 37.1 Å². The highest BCUT2D eigenvalue weighted by molar-refractivity contribution is 6.45. The van der Waals surface area contributed by atoms with Gasteiger partial charge >= 0.3 is 0 Å². The third kappa shape index (κ3) is 1.30. The summed E-state index contributed by atoms with van der Waals surface area (Å²) in [4.78, 5) is 13.8. The third-order valence-corrected chi connectivity index (χ3v) is 3.00. The zero-order valence-electron chi connectivity index (χ0n) is 8.71. The van der Waals surface area contributed by atoms with E-state index < -0.39 is 0 Å². The Hall–Kier alpha value is -1.03. The number of Topliss-reactive ketones (excluding diaryl/α,β-unsaturated/α-hetero) is 1. The Morgan fingerprint density at radius 2 is 2.50 bits per heavy atom. The Labute approximate surface area is 84.9 Å². The molecule has 2 heterocycles. The number of carbonyl (C=O) groups excluding carboxylic acids is 1. The van der Waals surface area contributed by atoms with Crippen molar-refractivity contribution in [3.63, 3.8) is 0 Å². The first-order valence-electron chi connectivity index (χ1n) is 5.10. The summed E-state index contributed by atoms with van der Waals surface area (Å²) in [5, 5.41) is 0. The van der Waals surface area contributed by atoms with E-state index in [-0.39, 0.29) is 12.3 Å². The second-order valence-corrected chi connectivity index (χ2v) is 3.87. The monoisotopic (exact) mass is 190 g/mol. The van der Waals surface area contributed by atoms with Gasteiger partial charge in [0.1, 0.15) is 0 Å². The summed E-state index contributed by atoms with van der Waals surface area (Å²) in [6.07, 6.45) is 2.27. The van der Waals surface area contributed by atoms with E-state index in [9.17, 15) is 4.79 Å². The van der Waals surface area contributed by atoms with E-state index in [1.807, 2.05) is 6.92 Å². The normalized spacial score (nSPS) is 24.4. The lowest BCUT2D eigenvalue weighted by atomic mass is 9.67. The van der Waals surface area contributed by atoms with Gasteiger partial charge in [-0.25, -0.2) is 0 Å². The second-order valence-electron chi connectivity index (χ2n) is 3.87. The van der Waals surface area contributed by atoms with Crippen molar-refractivity contribution in [2.45, 2.75) is 19.8 Å². The molecule has 2 N–H and O–H groups in total. The van der Waals surface area contributed by atoms with Gasteiger partial charge in [0, 0.05) is 6.54 Å². The molecule has 1 saturated heterocycles. The summed E-state index contributed by atoms with van der Waals surface area (Å²) in [7, 11) is 0.998. The summed E-state index contributed by atoms with van der Waals surface area (Å²) < 4.78 is 0. The van der Waals surface area contributed by atoms with Crippen LogP contribution in [0.3, 0.4) is 0 Å². The minimum Gasteiger partial charge on any atom is -0.358 e. The standard InChI is InChI=1S/C10H15BN2O/c1-6-8(11-2)3-7-5-13(7)10(6)9(14)4-12/h3,7,11H,4-5,12H2,1-2H3. The summed E-state index contributed by atoms with van der Waals surface area (Å²) in [6, 6.07) is 0.471. The van der Waals surface area contributed by atoms with Crippen LogP contribution in [0.4, 0.5) is 0 Å². The molecule has 0 saturated carbocycles. The molecule has 4 heteroatoms. The number of fused-ring (bicyclic) bond motifs is 1. The number of nitrogens with zero attached hydrogens (tertiary/aromatic N) is 1. The van der Waals surface area contributed by atoms with Gasteiger partial charge in [-0.2, -0.15) is 0 Å². The smallest absolute Gasteiger partial charge is 0.192 e. The van der Waals surface area contributed by atoms with Crippen molar-refractivity contribution >= 4 is 13.1 Å². The van der Waals surface area contributed by atoms with Gasteiger partial charge in [-0.05, 0) is 12.5 Å². The van der Waals surface area contributed by atoms with Crippen molar-refractivity contribution in [1.82, 2.24) is 4.90 Å². The minimum absolute atomic E-state index is 0.0732. The number of hydrogen-bond donors (Lipinski definition) is 1. The molecule has 0 aliphatic carbocycles. The lowest BCUT2D eigenvalue weighted by Gasteiger charge is -2.18. The fourth-order valence-electron chi connectivity index (χ4n) is 2.13. The molecule has 1 unspecified atom stereocenters. The maximum Gasteiger partial charge on any atom is 0.192 e. The molecule has 0 aromatic rings. The highest BCUT2D eigenvalue weighted by atomic mass is 16.1. The molecule has 0 bridgehead atoms. The number of rotatable bonds is 3. The number of carbonyl (C=O) groups is 1. The molecule has 2 rings (SSSR count). The van der Waals surface area contributed by atoms with Crippen molar-refractivity contribution in [2.24, 2.45) is 5.73 Å². The van der Waals surface area contributed by atoms with Crippen LogP contribution in [0.1, 0.15) is 6.92 Å². The van der Waals surface area contributed by atoms with E-state index in [2.05, 4.69) is 17.8 Å². The third-order valence-electron chi connectivity index (χ3n) is 3.00. The van der Waals surface area contributed by atoms with Crippen molar-refractivity contribution in [3.8, 4) is 0 Å². The minimum atomic E-state index is 0.0732. The first-order chi connectivity index (χ1) is 6.69. The van der Waals surface area contributed by atoms with Crippen molar-refractivity contribution < 1.29 is 4.79 Å². The predicted octanol–water partition coefficient (Wildman–Crippen LogP) is -0.146. The number of ketones is 1. The van der Waals surface area contributed by atoms with Crippen LogP contribution in [0.5, 0.6) is 0 Å². The maximum absolute atomic E-state index is 11.6. The Morgan fingerprint density at radius 3 is 3.07 bits per heavy atom. The van der Waals surface area contributed by atoms with Crippen LogP contribution < -0.4 is 5.73 Å².